The molecule has 0 aliphatic carbocycles. The summed E-state index contributed by atoms with van der Waals surface area (Å²) in [5, 5.41) is 3.52. The Bertz CT molecular complexity index is 308. The lowest BCUT2D eigenvalue weighted by molar-refractivity contribution is 0.377. The van der Waals surface area contributed by atoms with Crippen molar-refractivity contribution in [3.63, 3.8) is 0 Å². The van der Waals surface area contributed by atoms with Crippen LogP contribution in [0.5, 0.6) is 5.75 Å². The highest BCUT2D eigenvalue weighted by molar-refractivity contribution is 5.27. The molecular weight excluding hydrogens is 188 g/mol. The first-order valence-corrected chi connectivity index (χ1v) is 5.61. The average Bonchev–Trinajstić information content (AvgIpc) is 2.31. The third-order valence-electron chi connectivity index (χ3n) is 2.92. The van der Waals surface area contributed by atoms with Crippen LogP contribution >= 0.6 is 0 Å². The van der Waals surface area contributed by atoms with Crippen LogP contribution < -0.4 is 10.1 Å². The van der Waals surface area contributed by atoms with E-state index in [2.05, 4.69) is 10.3 Å². The maximum atomic E-state index is 5.30. The fraction of sp³-hybridized carbons (Fsp3) is 0.583. The molecule has 1 aromatic rings. The van der Waals surface area contributed by atoms with Gasteiger partial charge in [-0.15, -0.1) is 0 Å². The predicted octanol–water partition coefficient (Wildman–Crippen LogP) is 1.77. The van der Waals surface area contributed by atoms with Crippen LogP contribution in [0, 0.1) is 0 Å². The molecule has 1 aliphatic heterocycles. The molecule has 1 unspecified atom stereocenters. The van der Waals surface area contributed by atoms with Gasteiger partial charge in [0, 0.05) is 18.7 Å². The molecule has 0 radical (unpaired) electrons. The summed E-state index contributed by atoms with van der Waals surface area (Å²) in [6.07, 6.45) is 6.69. The lowest BCUT2D eigenvalue weighted by atomic mass is 10.00. The zero-order valence-electron chi connectivity index (χ0n) is 9.20. The molecule has 15 heavy (non-hydrogen) atoms. The van der Waals surface area contributed by atoms with Crippen molar-refractivity contribution in [2.24, 2.45) is 0 Å². The third kappa shape index (κ3) is 2.69. The first-order valence-electron chi connectivity index (χ1n) is 5.61. The number of methoxy groups -OCH3 is 1. The Balaban J connectivity index is 2.02. The molecule has 1 aliphatic rings. The summed E-state index contributed by atoms with van der Waals surface area (Å²) in [7, 11) is 1.70. The standard InChI is InChI=1S/C12H18N2O/c1-15-12-6-4-8-14-11(12)9-10-5-2-3-7-13-10/h4,6,8,10,13H,2-3,5,7,9H2,1H3. The van der Waals surface area contributed by atoms with Gasteiger partial charge in [0.05, 0.1) is 12.8 Å². The quantitative estimate of drug-likeness (QED) is 0.818. The largest absolute Gasteiger partial charge is 0.495 e. The SMILES string of the molecule is COc1cccnc1CC1CCCCN1. The molecule has 0 bridgehead atoms. The maximum absolute atomic E-state index is 5.30. The van der Waals surface area contributed by atoms with Crippen LogP contribution in [0.25, 0.3) is 0 Å². The maximum Gasteiger partial charge on any atom is 0.140 e. The van der Waals surface area contributed by atoms with Crippen LogP contribution in [0.2, 0.25) is 0 Å². The van der Waals surface area contributed by atoms with Crippen molar-refractivity contribution < 1.29 is 4.74 Å². The van der Waals surface area contributed by atoms with Crippen LogP contribution in [0.3, 0.4) is 0 Å². The van der Waals surface area contributed by atoms with Crippen LogP contribution in [0.4, 0.5) is 0 Å². The number of ether oxygens (including phenoxy) is 1. The van der Waals surface area contributed by atoms with Gasteiger partial charge in [0.25, 0.3) is 0 Å². The van der Waals surface area contributed by atoms with Crippen molar-refractivity contribution >= 4 is 0 Å². The molecule has 2 heterocycles. The van der Waals surface area contributed by atoms with E-state index in [1.54, 1.807) is 7.11 Å². The van der Waals surface area contributed by atoms with Gasteiger partial charge in [-0.05, 0) is 31.5 Å². The molecule has 1 saturated heterocycles. The number of hydrogen-bond acceptors (Lipinski definition) is 3. The Morgan fingerprint density at radius 2 is 2.47 bits per heavy atom. The number of aromatic nitrogens is 1. The fourth-order valence-corrected chi connectivity index (χ4v) is 2.09. The molecule has 2 rings (SSSR count). The Kier molecular flexibility index (Phi) is 3.56. The molecule has 0 spiro atoms. The van der Waals surface area contributed by atoms with Crippen molar-refractivity contribution in [1.82, 2.24) is 10.3 Å². The highest BCUT2D eigenvalue weighted by Crippen LogP contribution is 2.19. The molecule has 3 heteroatoms. The van der Waals surface area contributed by atoms with E-state index in [1.807, 2.05) is 18.3 Å². The van der Waals surface area contributed by atoms with E-state index in [-0.39, 0.29) is 0 Å². The molecule has 0 saturated carbocycles. The first kappa shape index (κ1) is 10.4. The summed E-state index contributed by atoms with van der Waals surface area (Å²) >= 11 is 0. The fourth-order valence-electron chi connectivity index (χ4n) is 2.09. The Hall–Kier alpha value is -1.09. The topological polar surface area (TPSA) is 34.1 Å². The number of nitrogens with one attached hydrogen (secondary N) is 1. The van der Waals surface area contributed by atoms with E-state index in [9.17, 15) is 0 Å². The smallest absolute Gasteiger partial charge is 0.140 e. The molecule has 1 aromatic heterocycles. The summed E-state index contributed by atoms with van der Waals surface area (Å²) in [5.41, 5.74) is 1.07. The van der Waals surface area contributed by atoms with Crippen LogP contribution in [-0.2, 0) is 6.42 Å². The Labute approximate surface area is 90.9 Å². The lowest BCUT2D eigenvalue weighted by Crippen LogP contribution is -2.35. The Morgan fingerprint density at radius 3 is 3.20 bits per heavy atom. The van der Waals surface area contributed by atoms with Gasteiger partial charge < -0.3 is 10.1 Å². The molecule has 0 amide bonds. The minimum atomic E-state index is 0.572. The highest BCUT2D eigenvalue weighted by atomic mass is 16.5. The average molecular weight is 206 g/mol. The molecule has 1 N–H and O–H groups in total. The molecule has 1 atom stereocenters. The van der Waals surface area contributed by atoms with E-state index in [0.29, 0.717) is 6.04 Å². The second-order valence-corrected chi connectivity index (χ2v) is 4.00. The normalized spacial score (nSPS) is 21.3. The van der Waals surface area contributed by atoms with Crippen LogP contribution in [0.1, 0.15) is 25.0 Å². The molecule has 1 fully saturated rings. The van der Waals surface area contributed by atoms with E-state index in [0.717, 1.165) is 24.4 Å². The van der Waals surface area contributed by atoms with Gasteiger partial charge in [0.2, 0.25) is 0 Å². The summed E-state index contributed by atoms with van der Waals surface area (Å²) in [6, 6.07) is 4.46. The van der Waals surface area contributed by atoms with E-state index >= 15 is 0 Å². The van der Waals surface area contributed by atoms with Gasteiger partial charge in [-0.25, -0.2) is 0 Å². The van der Waals surface area contributed by atoms with Gasteiger partial charge in [-0.3, -0.25) is 4.98 Å². The van der Waals surface area contributed by atoms with Gasteiger partial charge in [-0.1, -0.05) is 6.42 Å². The second-order valence-electron chi connectivity index (χ2n) is 4.00. The van der Waals surface area contributed by atoms with Crippen molar-refractivity contribution in [2.75, 3.05) is 13.7 Å². The van der Waals surface area contributed by atoms with E-state index in [4.69, 9.17) is 4.74 Å². The van der Waals surface area contributed by atoms with Crippen molar-refractivity contribution in [3.05, 3.63) is 24.0 Å². The summed E-state index contributed by atoms with van der Waals surface area (Å²) in [5.74, 6) is 0.907. The molecule has 3 nitrogen and oxygen atoms in total. The summed E-state index contributed by atoms with van der Waals surface area (Å²) in [4.78, 5) is 4.38. The third-order valence-corrected chi connectivity index (χ3v) is 2.92. The molecule has 0 aromatic carbocycles. The number of piperidine rings is 1. The monoisotopic (exact) mass is 206 g/mol. The van der Waals surface area contributed by atoms with Gasteiger partial charge >= 0.3 is 0 Å². The van der Waals surface area contributed by atoms with E-state index < -0.39 is 0 Å². The summed E-state index contributed by atoms with van der Waals surface area (Å²) < 4.78 is 5.30. The number of hydrogen-bond donors (Lipinski definition) is 1. The van der Waals surface area contributed by atoms with E-state index in [1.165, 1.54) is 19.3 Å². The number of rotatable bonds is 3. The molecular formula is C12H18N2O. The second kappa shape index (κ2) is 5.12. The number of nitrogens with zero attached hydrogens (tertiary/aromatic N) is 1. The van der Waals surface area contributed by atoms with Gasteiger partial charge in [-0.2, -0.15) is 0 Å². The zero-order chi connectivity index (χ0) is 10.5. The zero-order valence-corrected chi connectivity index (χ0v) is 9.20. The Morgan fingerprint density at radius 1 is 1.53 bits per heavy atom. The predicted molar refractivity (Wildman–Crippen MR) is 60.1 cm³/mol. The first-order chi connectivity index (χ1) is 7.40. The van der Waals surface area contributed by atoms with Crippen LogP contribution in [-0.4, -0.2) is 24.7 Å². The lowest BCUT2D eigenvalue weighted by Gasteiger charge is -2.23. The van der Waals surface area contributed by atoms with Crippen LogP contribution in [0.15, 0.2) is 18.3 Å². The molecule has 82 valence electrons. The van der Waals surface area contributed by atoms with Crippen molar-refractivity contribution in [2.45, 2.75) is 31.7 Å². The minimum absolute atomic E-state index is 0.572. The highest BCUT2D eigenvalue weighted by Gasteiger charge is 2.15. The van der Waals surface area contributed by atoms with Gasteiger partial charge in [0.1, 0.15) is 5.75 Å². The van der Waals surface area contributed by atoms with Gasteiger partial charge in [0.15, 0.2) is 0 Å². The summed E-state index contributed by atoms with van der Waals surface area (Å²) in [6.45, 7) is 1.14. The minimum Gasteiger partial charge on any atom is -0.495 e. The van der Waals surface area contributed by atoms with Crippen molar-refractivity contribution in [3.8, 4) is 5.75 Å². The number of pyridine rings is 1. The van der Waals surface area contributed by atoms with Crippen molar-refractivity contribution in [1.29, 1.82) is 0 Å².